The zero-order valence-corrected chi connectivity index (χ0v) is 13.9. The van der Waals surface area contributed by atoms with E-state index >= 15 is 0 Å². The minimum absolute atomic E-state index is 0.102. The van der Waals surface area contributed by atoms with Crippen molar-refractivity contribution in [3.63, 3.8) is 0 Å². The van der Waals surface area contributed by atoms with Gasteiger partial charge in [-0.15, -0.1) is 10.2 Å². The van der Waals surface area contributed by atoms with Crippen molar-refractivity contribution in [2.24, 2.45) is 7.05 Å². The van der Waals surface area contributed by atoms with Crippen LogP contribution in [0.15, 0.2) is 9.64 Å². The van der Waals surface area contributed by atoms with Gasteiger partial charge in [0.25, 0.3) is 5.22 Å². The lowest BCUT2D eigenvalue weighted by Gasteiger charge is -2.10. The van der Waals surface area contributed by atoms with Crippen LogP contribution in [0.3, 0.4) is 0 Å². The predicted molar refractivity (Wildman–Crippen MR) is 82.9 cm³/mol. The van der Waals surface area contributed by atoms with Crippen molar-refractivity contribution in [3.8, 4) is 0 Å². The van der Waals surface area contributed by atoms with Crippen molar-refractivity contribution in [1.29, 1.82) is 0 Å². The van der Waals surface area contributed by atoms with Gasteiger partial charge in [-0.05, 0) is 33.6 Å². The average Bonchev–Trinajstić information content (AvgIpc) is 3.18. The highest BCUT2D eigenvalue weighted by Crippen LogP contribution is 2.40. The van der Waals surface area contributed by atoms with E-state index in [9.17, 15) is 4.79 Å². The van der Waals surface area contributed by atoms with E-state index in [0.29, 0.717) is 17.0 Å². The molecule has 1 saturated carbocycles. The Hall–Kier alpha value is -1.83. The van der Waals surface area contributed by atoms with Crippen LogP contribution in [0.5, 0.6) is 0 Å². The molecule has 0 bridgehead atoms. The lowest BCUT2D eigenvalue weighted by Crippen LogP contribution is -2.23. The zero-order chi connectivity index (χ0) is 15.9. The lowest BCUT2D eigenvalue weighted by atomic mass is 10.3. The van der Waals surface area contributed by atoms with Gasteiger partial charge in [-0.1, -0.05) is 11.8 Å². The Morgan fingerprint density at radius 1 is 1.41 bits per heavy atom. The van der Waals surface area contributed by atoms with Gasteiger partial charge in [0.15, 0.2) is 0 Å². The van der Waals surface area contributed by atoms with E-state index in [1.807, 2.05) is 27.8 Å². The van der Waals surface area contributed by atoms with Crippen LogP contribution >= 0.6 is 11.8 Å². The molecule has 1 aliphatic rings. The molecule has 1 atom stereocenters. The summed E-state index contributed by atoms with van der Waals surface area (Å²) in [6, 6.07) is 0. The molecule has 22 heavy (non-hydrogen) atoms. The predicted octanol–water partition coefficient (Wildman–Crippen LogP) is 2.42. The molecule has 3 rings (SSSR count). The van der Waals surface area contributed by atoms with Crippen molar-refractivity contribution < 1.29 is 9.21 Å². The third-order valence-electron chi connectivity index (χ3n) is 3.75. The zero-order valence-electron chi connectivity index (χ0n) is 13.1. The molecule has 0 unspecified atom stereocenters. The Balaban J connectivity index is 1.63. The fourth-order valence-electron chi connectivity index (χ4n) is 2.15. The first-order chi connectivity index (χ1) is 10.5. The smallest absolute Gasteiger partial charge is 0.277 e. The minimum atomic E-state index is -0.327. The Morgan fingerprint density at radius 3 is 2.73 bits per heavy atom. The Kier molecular flexibility index (Phi) is 3.94. The topological polar surface area (TPSA) is 85.8 Å². The molecule has 0 spiro atoms. The van der Waals surface area contributed by atoms with Crippen LogP contribution in [0.2, 0.25) is 0 Å². The Labute approximate surface area is 132 Å². The number of anilines is 1. The van der Waals surface area contributed by atoms with Crippen LogP contribution in [-0.4, -0.2) is 31.1 Å². The number of nitrogens with zero attached hydrogens (tertiary/aromatic N) is 4. The van der Waals surface area contributed by atoms with Gasteiger partial charge in [0.2, 0.25) is 11.8 Å². The monoisotopic (exact) mass is 321 g/mol. The summed E-state index contributed by atoms with van der Waals surface area (Å²) in [6.07, 6.45) is 2.23. The lowest BCUT2D eigenvalue weighted by molar-refractivity contribution is -0.115. The van der Waals surface area contributed by atoms with Crippen molar-refractivity contribution in [2.75, 3.05) is 5.32 Å². The highest BCUT2D eigenvalue weighted by Gasteiger charge is 2.30. The summed E-state index contributed by atoms with van der Waals surface area (Å²) in [7, 11) is 1.86. The maximum absolute atomic E-state index is 12.3. The maximum Gasteiger partial charge on any atom is 0.277 e. The summed E-state index contributed by atoms with van der Waals surface area (Å²) >= 11 is 1.28. The first-order valence-corrected chi connectivity index (χ1v) is 8.14. The summed E-state index contributed by atoms with van der Waals surface area (Å²) < 4.78 is 7.33. The Morgan fingerprint density at radius 2 is 2.14 bits per heavy atom. The van der Waals surface area contributed by atoms with Gasteiger partial charge in [0.1, 0.15) is 0 Å². The van der Waals surface area contributed by atoms with Gasteiger partial charge < -0.3 is 9.73 Å². The van der Waals surface area contributed by atoms with Gasteiger partial charge >= 0.3 is 0 Å². The Bertz CT molecular complexity index is 704. The quantitative estimate of drug-likeness (QED) is 0.851. The van der Waals surface area contributed by atoms with Crippen LogP contribution in [0.25, 0.3) is 0 Å². The second-order valence-electron chi connectivity index (χ2n) is 5.60. The van der Waals surface area contributed by atoms with Crippen LogP contribution in [0, 0.1) is 13.8 Å². The molecule has 1 amide bonds. The number of carbonyl (C=O) groups excluding carboxylic acids is 1. The molecular weight excluding hydrogens is 302 g/mol. The fraction of sp³-hybridized carbons (Fsp3) is 0.571. The molecule has 7 nitrogen and oxygen atoms in total. The molecule has 0 saturated heterocycles. The van der Waals surface area contributed by atoms with Crippen molar-refractivity contribution in [2.45, 2.75) is 50.0 Å². The summed E-state index contributed by atoms with van der Waals surface area (Å²) in [4.78, 5) is 12.3. The van der Waals surface area contributed by atoms with Crippen molar-refractivity contribution in [1.82, 2.24) is 20.0 Å². The van der Waals surface area contributed by atoms with Crippen molar-refractivity contribution >= 4 is 23.4 Å². The van der Waals surface area contributed by atoms with Crippen LogP contribution in [0.4, 0.5) is 5.69 Å². The average molecular weight is 321 g/mol. The second kappa shape index (κ2) is 5.75. The maximum atomic E-state index is 12.3. The van der Waals surface area contributed by atoms with Gasteiger partial charge in [-0.25, -0.2) is 0 Å². The number of aryl methyl sites for hydroxylation is 2. The largest absolute Gasteiger partial charge is 0.416 e. The van der Waals surface area contributed by atoms with Gasteiger partial charge in [-0.3, -0.25) is 9.48 Å². The molecule has 118 valence electrons. The van der Waals surface area contributed by atoms with Gasteiger partial charge in [-0.2, -0.15) is 5.10 Å². The van der Waals surface area contributed by atoms with E-state index in [2.05, 4.69) is 20.6 Å². The second-order valence-corrected chi connectivity index (χ2v) is 6.89. The molecule has 0 aliphatic heterocycles. The molecule has 1 aliphatic carbocycles. The molecule has 2 aromatic heterocycles. The molecule has 1 fully saturated rings. The molecule has 0 aromatic carbocycles. The summed E-state index contributed by atoms with van der Waals surface area (Å²) in [5, 5.41) is 15.4. The number of amides is 1. The molecule has 8 heteroatoms. The molecule has 2 heterocycles. The first kappa shape index (κ1) is 15.1. The number of nitrogens with one attached hydrogen (secondary N) is 1. The summed E-state index contributed by atoms with van der Waals surface area (Å²) in [5.74, 6) is 1.01. The van der Waals surface area contributed by atoms with Crippen molar-refractivity contribution in [3.05, 3.63) is 17.3 Å². The van der Waals surface area contributed by atoms with E-state index in [-0.39, 0.29) is 11.2 Å². The number of hydrogen-bond donors (Lipinski definition) is 1. The number of carbonyl (C=O) groups is 1. The van der Waals surface area contributed by atoms with E-state index in [0.717, 1.165) is 29.9 Å². The highest BCUT2D eigenvalue weighted by molar-refractivity contribution is 8.00. The summed E-state index contributed by atoms with van der Waals surface area (Å²) in [5.41, 5.74) is 2.50. The van der Waals surface area contributed by atoms with Crippen LogP contribution < -0.4 is 5.32 Å². The van der Waals surface area contributed by atoms with E-state index in [1.54, 1.807) is 4.68 Å². The van der Waals surface area contributed by atoms with Gasteiger partial charge in [0, 0.05) is 13.0 Å². The molecule has 2 aromatic rings. The van der Waals surface area contributed by atoms with E-state index in [4.69, 9.17) is 4.42 Å². The third-order valence-corrected chi connectivity index (χ3v) is 4.69. The summed E-state index contributed by atoms with van der Waals surface area (Å²) in [6.45, 7) is 5.62. The molecule has 0 radical (unpaired) electrons. The van der Waals surface area contributed by atoms with E-state index in [1.165, 1.54) is 11.8 Å². The number of thioether (sulfide) groups is 1. The number of rotatable bonds is 5. The normalized spacial score (nSPS) is 15.8. The number of aromatic nitrogens is 4. The SMILES string of the molecule is Cc1nn(C)c(C)c1NC(=O)[C@@H](C)Sc1nnc(C2CC2)o1. The first-order valence-electron chi connectivity index (χ1n) is 7.27. The third kappa shape index (κ3) is 3.01. The van der Waals surface area contributed by atoms with E-state index < -0.39 is 0 Å². The van der Waals surface area contributed by atoms with Gasteiger partial charge in [0.05, 0.1) is 22.3 Å². The molecular formula is C14H19N5O2S. The highest BCUT2D eigenvalue weighted by atomic mass is 32.2. The number of hydrogen-bond acceptors (Lipinski definition) is 6. The van der Waals surface area contributed by atoms with Crippen LogP contribution in [-0.2, 0) is 11.8 Å². The van der Waals surface area contributed by atoms with Crippen LogP contribution in [0.1, 0.15) is 43.0 Å². The minimum Gasteiger partial charge on any atom is -0.416 e. The fourth-order valence-corrected chi connectivity index (χ4v) is 2.84. The standard InChI is InChI=1S/C14H19N5O2S/c1-7-11(8(2)19(4)18-7)15-12(20)9(3)22-14-17-16-13(21-14)10-5-6-10/h9-10H,5-6H2,1-4H3,(H,15,20)/t9-/m1/s1. The molecule has 1 N–H and O–H groups in total.